The Balaban J connectivity index is 1.80. The molecule has 5 nitrogen and oxygen atoms in total. The summed E-state index contributed by atoms with van der Waals surface area (Å²) in [7, 11) is 0. The van der Waals surface area contributed by atoms with E-state index in [-0.39, 0.29) is 24.0 Å². The molecule has 0 saturated carbocycles. The van der Waals surface area contributed by atoms with Crippen LogP contribution in [-0.4, -0.2) is 36.0 Å². The van der Waals surface area contributed by atoms with Gasteiger partial charge in [-0.25, -0.2) is 4.79 Å². The largest absolute Gasteiger partial charge is 0.336 e. The van der Waals surface area contributed by atoms with Crippen molar-refractivity contribution in [3.63, 3.8) is 0 Å². The molecule has 1 saturated heterocycles. The highest BCUT2D eigenvalue weighted by Crippen LogP contribution is 2.25. The minimum Gasteiger partial charge on any atom is -0.336 e. The molecule has 2 aromatic rings. The van der Waals surface area contributed by atoms with Crippen LogP contribution in [0.5, 0.6) is 0 Å². The number of rotatable bonds is 7. The summed E-state index contributed by atoms with van der Waals surface area (Å²) in [6.45, 7) is 7.29. The average Bonchev–Trinajstić information content (AvgIpc) is 3.36. The molecule has 2 heterocycles. The van der Waals surface area contributed by atoms with E-state index in [0.29, 0.717) is 19.0 Å². The number of carbonyl (C=O) groups is 2. The second-order valence-electron chi connectivity index (χ2n) is 7.17. The van der Waals surface area contributed by atoms with Crippen LogP contribution in [0.25, 0.3) is 0 Å². The molecule has 1 aliphatic heterocycles. The van der Waals surface area contributed by atoms with Gasteiger partial charge in [-0.1, -0.05) is 44.2 Å². The Morgan fingerprint density at radius 1 is 1.22 bits per heavy atom. The first-order chi connectivity index (χ1) is 13.0. The fraction of sp³-hybridized carbons (Fsp3) is 0.429. The van der Waals surface area contributed by atoms with Crippen LogP contribution in [0.4, 0.5) is 4.79 Å². The number of carbonyl (C=O) groups excluding carboxylic acids is 2. The number of thiophene rings is 1. The van der Waals surface area contributed by atoms with Crippen LogP contribution in [0.2, 0.25) is 0 Å². The third-order valence-corrected chi connectivity index (χ3v) is 6.28. The predicted molar refractivity (Wildman–Crippen MR) is 108 cm³/mol. The highest BCUT2D eigenvalue weighted by molar-refractivity contribution is 7.10. The van der Waals surface area contributed by atoms with Gasteiger partial charge >= 0.3 is 6.03 Å². The molecule has 1 aromatic heterocycles. The zero-order valence-corrected chi connectivity index (χ0v) is 17.0. The third-order valence-electron chi connectivity index (χ3n) is 5.32. The number of hydrogen-bond acceptors (Lipinski definition) is 3. The standard InChI is InChI=1S/C21H27N3O2S/c1-4-14(2)16-7-9-17(10-8-16)19(18-6-5-13-27-18)23-15(3)20(25)24-12-11-22-21(24)26/h5-10,13-15,19,23H,4,11-12H2,1-3H3,(H,22,26)/p+1/t14-,15-,19+/m0/s1. The molecule has 0 aliphatic carbocycles. The van der Waals surface area contributed by atoms with Gasteiger partial charge in [0.25, 0.3) is 5.91 Å². The van der Waals surface area contributed by atoms with E-state index >= 15 is 0 Å². The van der Waals surface area contributed by atoms with E-state index in [1.807, 2.05) is 13.0 Å². The van der Waals surface area contributed by atoms with Crippen molar-refractivity contribution in [1.82, 2.24) is 10.2 Å². The van der Waals surface area contributed by atoms with Crippen LogP contribution in [0, 0.1) is 0 Å². The van der Waals surface area contributed by atoms with Crippen LogP contribution in [0.1, 0.15) is 55.2 Å². The summed E-state index contributed by atoms with van der Waals surface area (Å²) >= 11 is 1.69. The van der Waals surface area contributed by atoms with Crippen molar-refractivity contribution >= 4 is 23.3 Å². The lowest BCUT2D eigenvalue weighted by Gasteiger charge is -2.22. The molecular weight excluding hydrogens is 358 g/mol. The van der Waals surface area contributed by atoms with E-state index in [0.717, 1.165) is 6.42 Å². The molecule has 0 bridgehead atoms. The smallest absolute Gasteiger partial charge is 0.324 e. The maximum Gasteiger partial charge on any atom is 0.324 e. The topological polar surface area (TPSA) is 66.0 Å². The van der Waals surface area contributed by atoms with Gasteiger partial charge in [0, 0.05) is 18.7 Å². The second-order valence-corrected chi connectivity index (χ2v) is 8.15. The highest BCUT2D eigenvalue weighted by Gasteiger charge is 2.34. The van der Waals surface area contributed by atoms with E-state index in [1.165, 1.54) is 20.9 Å². The van der Waals surface area contributed by atoms with Crippen molar-refractivity contribution in [2.45, 2.75) is 45.2 Å². The Labute approximate surface area is 164 Å². The van der Waals surface area contributed by atoms with Gasteiger partial charge < -0.3 is 10.6 Å². The van der Waals surface area contributed by atoms with Gasteiger partial charge in [-0.05, 0) is 36.3 Å². The van der Waals surface area contributed by atoms with Crippen LogP contribution in [-0.2, 0) is 4.79 Å². The number of nitrogens with two attached hydrogens (primary N) is 1. The molecule has 1 aromatic carbocycles. The number of quaternary nitrogens is 1. The Hall–Kier alpha value is -2.18. The summed E-state index contributed by atoms with van der Waals surface area (Å²) in [4.78, 5) is 27.1. The molecule has 6 heteroatoms. The molecular formula is C21H28N3O2S+. The molecule has 144 valence electrons. The second kappa shape index (κ2) is 8.67. The van der Waals surface area contributed by atoms with Crippen molar-refractivity contribution in [2.75, 3.05) is 13.1 Å². The van der Waals surface area contributed by atoms with Crippen molar-refractivity contribution in [1.29, 1.82) is 0 Å². The first-order valence-electron chi connectivity index (χ1n) is 9.58. The number of urea groups is 1. The quantitative estimate of drug-likeness (QED) is 0.768. The van der Waals surface area contributed by atoms with Gasteiger partial charge in [-0.2, -0.15) is 0 Å². The molecule has 0 unspecified atom stereocenters. The Bertz CT molecular complexity index is 773. The number of hydrogen-bond donors (Lipinski definition) is 2. The monoisotopic (exact) mass is 386 g/mol. The van der Waals surface area contributed by atoms with Crippen LogP contribution in [0.3, 0.4) is 0 Å². The highest BCUT2D eigenvalue weighted by atomic mass is 32.1. The maximum atomic E-state index is 12.7. The van der Waals surface area contributed by atoms with Crippen LogP contribution in [0.15, 0.2) is 41.8 Å². The number of benzene rings is 1. The molecule has 3 atom stereocenters. The van der Waals surface area contributed by atoms with E-state index in [1.54, 1.807) is 11.3 Å². The van der Waals surface area contributed by atoms with Crippen molar-refractivity contribution in [3.05, 3.63) is 57.8 Å². The summed E-state index contributed by atoms with van der Waals surface area (Å²) < 4.78 is 0. The summed E-state index contributed by atoms with van der Waals surface area (Å²) in [6, 6.07) is 12.3. The first-order valence-corrected chi connectivity index (χ1v) is 10.5. The SMILES string of the molecule is CC[C@H](C)c1ccc([C@@H]([NH2+][C@@H](C)C(=O)N2CCNC2=O)c2cccs2)cc1. The summed E-state index contributed by atoms with van der Waals surface area (Å²) in [5.74, 6) is 0.403. The fourth-order valence-electron chi connectivity index (χ4n) is 3.40. The lowest BCUT2D eigenvalue weighted by molar-refractivity contribution is -0.704. The molecule has 3 N–H and O–H groups in total. The average molecular weight is 387 g/mol. The molecule has 0 spiro atoms. The summed E-state index contributed by atoms with van der Waals surface area (Å²) in [5.41, 5.74) is 2.51. The fourth-order valence-corrected chi connectivity index (χ4v) is 4.24. The third kappa shape index (κ3) is 4.39. The molecule has 3 rings (SSSR count). The number of nitrogens with zero attached hydrogens (tertiary/aromatic N) is 1. The van der Waals surface area contributed by atoms with Crippen molar-refractivity contribution in [2.24, 2.45) is 0 Å². The van der Waals surface area contributed by atoms with Crippen LogP contribution >= 0.6 is 11.3 Å². The lowest BCUT2D eigenvalue weighted by Crippen LogP contribution is -2.92. The molecule has 1 fully saturated rings. The zero-order valence-electron chi connectivity index (χ0n) is 16.1. The van der Waals surface area contributed by atoms with E-state index in [9.17, 15) is 9.59 Å². The van der Waals surface area contributed by atoms with Gasteiger partial charge in [-0.3, -0.25) is 9.69 Å². The summed E-state index contributed by atoms with van der Waals surface area (Å²) in [6.07, 6.45) is 1.11. The van der Waals surface area contributed by atoms with Crippen molar-refractivity contribution in [3.8, 4) is 0 Å². The van der Waals surface area contributed by atoms with E-state index in [4.69, 9.17) is 0 Å². The minimum absolute atomic E-state index is 0.0422. The first kappa shape index (κ1) is 19.6. The van der Waals surface area contributed by atoms with Gasteiger partial charge in [0.05, 0.1) is 4.88 Å². The van der Waals surface area contributed by atoms with Gasteiger partial charge in [0.2, 0.25) is 0 Å². The van der Waals surface area contributed by atoms with E-state index < -0.39 is 0 Å². The normalized spacial score (nSPS) is 17.4. The molecule has 1 aliphatic rings. The van der Waals surface area contributed by atoms with Gasteiger partial charge in [-0.15, -0.1) is 11.3 Å². The van der Waals surface area contributed by atoms with E-state index in [2.05, 4.69) is 60.2 Å². The molecule has 3 amide bonds. The van der Waals surface area contributed by atoms with Crippen LogP contribution < -0.4 is 10.6 Å². The Morgan fingerprint density at radius 2 is 1.93 bits per heavy atom. The maximum absolute atomic E-state index is 12.7. The Morgan fingerprint density at radius 3 is 2.48 bits per heavy atom. The lowest BCUT2D eigenvalue weighted by atomic mass is 9.95. The number of amides is 3. The van der Waals surface area contributed by atoms with Crippen molar-refractivity contribution < 1.29 is 14.9 Å². The predicted octanol–water partition coefficient (Wildman–Crippen LogP) is 2.85. The summed E-state index contributed by atoms with van der Waals surface area (Å²) in [5, 5.41) is 6.82. The number of imide groups is 1. The molecule has 27 heavy (non-hydrogen) atoms. The zero-order chi connectivity index (χ0) is 19.4. The van der Waals surface area contributed by atoms with Gasteiger partial charge in [0.1, 0.15) is 6.04 Å². The number of nitrogens with one attached hydrogen (secondary N) is 1. The minimum atomic E-state index is -0.338. The Kier molecular flexibility index (Phi) is 6.29. The van der Waals surface area contributed by atoms with Gasteiger partial charge in [0.15, 0.2) is 6.04 Å². The molecule has 0 radical (unpaired) electrons.